The van der Waals surface area contributed by atoms with Gasteiger partial charge in [-0.25, -0.2) is 4.98 Å². The zero-order valence-corrected chi connectivity index (χ0v) is 10.6. The first-order valence-corrected chi connectivity index (χ1v) is 6.27. The molecule has 3 nitrogen and oxygen atoms in total. The highest BCUT2D eigenvalue weighted by Crippen LogP contribution is 2.24. The van der Waals surface area contributed by atoms with Crippen LogP contribution in [0.25, 0.3) is 0 Å². The topological polar surface area (TPSA) is 28.2 Å². The molecular weight excluding hydrogens is 222 g/mol. The van der Waals surface area contributed by atoms with E-state index in [1.807, 2.05) is 13.2 Å². The lowest BCUT2D eigenvalue weighted by molar-refractivity contribution is 0.275. The molecule has 1 aliphatic rings. The van der Waals surface area contributed by atoms with Gasteiger partial charge in [-0.2, -0.15) is 0 Å². The van der Waals surface area contributed by atoms with Gasteiger partial charge in [-0.15, -0.1) is 0 Å². The van der Waals surface area contributed by atoms with Gasteiger partial charge in [-0.3, -0.25) is 4.90 Å². The summed E-state index contributed by atoms with van der Waals surface area (Å²) in [7, 11) is 1.90. The Morgan fingerprint density at radius 3 is 2.56 bits per heavy atom. The fourth-order valence-corrected chi connectivity index (χ4v) is 2.48. The van der Waals surface area contributed by atoms with Gasteiger partial charge in [-0.1, -0.05) is 24.3 Å². The predicted octanol–water partition coefficient (Wildman–Crippen LogP) is 2.64. The van der Waals surface area contributed by atoms with E-state index in [0.29, 0.717) is 0 Å². The van der Waals surface area contributed by atoms with Crippen LogP contribution in [0.15, 0.2) is 42.6 Å². The summed E-state index contributed by atoms with van der Waals surface area (Å²) in [5.74, 6) is 0.934. The molecule has 0 fully saturated rings. The van der Waals surface area contributed by atoms with Gasteiger partial charge in [0.25, 0.3) is 0 Å². The standard InChI is InChI=1S/C15H17N3/c1-16-15-8-12(6-7-17-15)9-18-10-13-4-2-3-5-14(13)11-18/h2-8H,9-11H2,1H3,(H,16,17). The highest BCUT2D eigenvalue weighted by atomic mass is 15.1. The second-order valence-electron chi connectivity index (χ2n) is 4.71. The van der Waals surface area contributed by atoms with Crippen molar-refractivity contribution in [2.45, 2.75) is 19.6 Å². The monoisotopic (exact) mass is 239 g/mol. The molecule has 0 atom stereocenters. The Morgan fingerprint density at radius 2 is 1.89 bits per heavy atom. The second kappa shape index (κ2) is 4.78. The molecule has 1 aromatic carbocycles. The van der Waals surface area contributed by atoms with Crippen LogP contribution in [0.5, 0.6) is 0 Å². The van der Waals surface area contributed by atoms with Crippen LogP contribution in [0.1, 0.15) is 16.7 Å². The molecule has 0 radical (unpaired) electrons. The van der Waals surface area contributed by atoms with Crippen molar-refractivity contribution in [3.8, 4) is 0 Å². The van der Waals surface area contributed by atoms with E-state index in [1.54, 1.807) is 0 Å². The number of pyridine rings is 1. The van der Waals surface area contributed by atoms with Crippen molar-refractivity contribution in [1.82, 2.24) is 9.88 Å². The van der Waals surface area contributed by atoms with Crippen molar-refractivity contribution < 1.29 is 0 Å². The van der Waals surface area contributed by atoms with Crippen molar-refractivity contribution in [1.29, 1.82) is 0 Å². The lowest BCUT2D eigenvalue weighted by Crippen LogP contribution is -2.15. The third-order valence-corrected chi connectivity index (χ3v) is 3.39. The fourth-order valence-electron chi connectivity index (χ4n) is 2.48. The zero-order valence-electron chi connectivity index (χ0n) is 10.6. The van der Waals surface area contributed by atoms with Gasteiger partial charge in [0.15, 0.2) is 0 Å². The van der Waals surface area contributed by atoms with Gasteiger partial charge in [0.05, 0.1) is 0 Å². The highest BCUT2D eigenvalue weighted by Gasteiger charge is 2.17. The number of nitrogens with zero attached hydrogens (tertiary/aromatic N) is 2. The minimum atomic E-state index is 0.934. The number of benzene rings is 1. The fraction of sp³-hybridized carbons (Fsp3) is 0.267. The van der Waals surface area contributed by atoms with Crippen LogP contribution in [0, 0.1) is 0 Å². The van der Waals surface area contributed by atoms with Crippen LogP contribution in [0.3, 0.4) is 0 Å². The van der Waals surface area contributed by atoms with E-state index in [9.17, 15) is 0 Å². The molecule has 0 spiro atoms. The predicted molar refractivity (Wildman–Crippen MR) is 73.2 cm³/mol. The number of aromatic nitrogens is 1. The van der Waals surface area contributed by atoms with E-state index in [4.69, 9.17) is 0 Å². The molecule has 0 amide bonds. The molecule has 18 heavy (non-hydrogen) atoms. The van der Waals surface area contributed by atoms with Crippen LogP contribution < -0.4 is 5.32 Å². The maximum atomic E-state index is 4.24. The molecule has 3 heteroatoms. The third-order valence-electron chi connectivity index (χ3n) is 3.39. The number of nitrogens with one attached hydrogen (secondary N) is 1. The molecule has 1 aliphatic heterocycles. The summed E-state index contributed by atoms with van der Waals surface area (Å²) < 4.78 is 0. The number of hydrogen-bond donors (Lipinski definition) is 1. The van der Waals surface area contributed by atoms with E-state index in [1.165, 1.54) is 16.7 Å². The summed E-state index contributed by atoms with van der Waals surface area (Å²) in [6.45, 7) is 3.08. The second-order valence-corrected chi connectivity index (χ2v) is 4.71. The molecule has 0 unspecified atom stereocenters. The first-order chi connectivity index (χ1) is 8.85. The summed E-state index contributed by atoms with van der Waals surface area (Å²) in [4.78, 5) is 6.70. The van der Waals surface area contributed by atoms with E-state index >= 15 is 0 Å². The summed E-state index contributed by atoms with van der Waals surface area (Å²) in [5, 5.41) is 3.08. The quantitative estimate of drug-likeness (QED) is 0.892. The highest BCUT2D eigenvalue weighted by molar-refractivity contribution is 5.37. The average Bonchev–Trinajstić information content (AvgIpc) is 2.81. The summed E-state index contributed by atoms with van der Waals surface area (Å²) >= 11 is 0. The molecule has 0 aliphatic carbocycles. The van der Waals surface area contributed by atoms with Crippen LogP contribution in [-0.4, -0.2) is 16.9 Å². The van der Waals surface area contributed by atoms with Gasteiger partial charge in [0.1, 0.15) is 5.82 Å². The van der Waals surface area contributed by atoms with Crippen LogP contribution in [-0.2, 0) is 19.6 Å². The minimum absolute atomic E-state index is 0.934. The molecule has 0 bridgehead atoms. The molecule has 1 N–H and O–H groups in total. The van der Waals surface area contributed by atoms with Crippen LogP contribution >= 0.6 is 0 Å². The Balaban J connectivity index is 1.72. The van der Waals surface area contributed by atoms with Crippen molar-refractivity contribution in [3.05, 3.63) is 59.3 Å². The number of anilines is 1. The van der Waals surface area contributed by atoms with Crippen molar-refractivity contribution in [2.75, 3.05) is 12.4 Å². The van der Waals surface area contributed by atoms with Crippen molar-refractivity contribution >= 4 is 5.82 Å². The van der Waals surface area contributed by atoms with Gasteiger partial charge in [0.2, 0.25) is 0 Å². The Bertz CT molecular complexity index is 526. The largest absolute Gasteiger partial charge is 0.373 e. The first-order valence-electron chi connectivity index (χ1n) is 6.27. The Morgan fingerprint density at radius 1 is 1.17 bits per heavy atom. The molecular formula is C15H17N3. The summed E-state index contributed by atoms with van der Waals surface area (Å²) in [6, 6.07) is 12.9. The SMILES string of the molecule is CNc1cc(CN2Cc3ccccc3C2)ccn1. The molecule has 2 aromatic rings. The summed E-state index contributed by atoms with van der Waals surface area (Å²) in [6.07, 6.45) is 1.87. The maximum absolute atomic E-state index is 4.24. The normalized spacial score (nSPS) is 14.5. The van der Waals surface area contributed by atoms with E-state index < -0.39 is 0 Å². The Hall–Kier alpha value is -1.87. The third kappa shape index (κ3) is 2.22. The molecule has 0 saturated carbocycles. The van der Waals surface area contributed by atoms with E-state index in [-0.39, 0.29) is 0 Å². The molecule has 1 aromatic heterocycles. The summed E-state index contributed by atoms with van der Waals surface area (Å²) in [5.41, 5.74) is 4.22. The smallest absolute Gasteiger partial charge is 0.125 e. The number of hydrogen-bond acceptors (Lipinski definition) is 3. The van der Waals surface area contributed by atoms with Gasteiger partial charge >= 0.3 is 0 Å². The van der Waals surface area contributed by atoms with Gasteiger partial charge in [-0.05, 0) is 28.8 Å². The Labute approximate surface area is 107 Å². The number of rotatable bonds is 3. The van der Waals surface area contributed by atoms with Gasteiger partial charge < -0.3 is 5.32 Å². The minimum Gasteiger partial charge on any atom is -0.373 e. The van der Waals surface area contributed by atoms with Crippen LogP contribution in [0.4, 0.5) is 5.82 Å². The lowest BCUT2D eigenvalue weighted by Gasteiger charge is -2.15. The first kappa shape index (κ1) is 11.2. The molecule has 0 saturated heterocycles. The zero-order chi connectivity index (χ0) is 12.4. The number of fused-ring (bicyclic) bond motifs is 1. The van der Waals surface area contributed by atoms with E-state index in [0.717, 1.165) is 25.5 Å². The van der Waals surface area contributed by atoms with E-state index in [2.05, 4.69) is 51.6 Å². The average molecular weight is 239 g/mol. The van der Waals surface area contributed by atoms with Crippen LogP contribution in [0.2, 0.25) is 0 Å². The lowest BCUT2D eigenvalue weighted by atomic mass is 10.1. The van der Waals surface area contributed by atoms with Gasteiger partial charge in [0, 0.05) is 32.9 Å². The van der Waals surface area contributed by atoms with Crippen molar-refractivity contribution in [2.24, 2.45) is 0 Å². The molecule has 2 heterocycles. The van der Waals surface area contributed by atoms with Crippen molar-refractivity contribution in [3.63, 3.8) is 0 Å². The molecule has 92 valence electrons. The Kier molecular flexibility index (Phi) is 2.99. The molecule has 3 rings (SSSR count). The maximum Gasteiger partial charge on any atom is 0.125 e.